The van der Waals surface area contributed by atoms with Gasteiger partial charge in [-0.2, -0.15) is 0 Å². The molecule has 0 aromatic rings. The van der Waals surface area contributed by atoms with Gasteiger partial charge in [0.1, 0.15) is 5.54 Å². The van der Waals surface area contributed by atoms with E-state index in [-0.39, 0.29) is 12.1 Å². The van der Waals surface area contributed by atoms with Crippen LogP contribution in [0.5, 0.6) is 0 Å². The summed E-state index contributed by atoms with van der Waals surface area (Å²) in [5, 5.41) is 21.2. The van der Waals surface area contributed by atoms with Gasteiger partial charge in [0.05, 0.1) is 6.10 Å². The molecule has 6 heteroatoms. The topological polar surface area (TPSA) is 89.9 Å². The van der Waals surface area contributed by atoms with Crippen LogP contribution in [0.4, 0.5) is 4.79 Å². The minimum absolute atomic E-state index is 0.235. The van der Waals surface area contributed by atoms with Gasteiger partial charge in [0, 0.05) is 13.6 Å². The van der Waals surface area contributed by atoms with Gasteiger partial charge in [-0.15, -0.1) is 0 Å². The molecule has 0 saturated heterocycles. The van der Waals surface area contributed by atoms with Gasteiger partial charge >= 0.3 is 12.0 Å². The molecule has 19 heavy (non-hydrogen) atoms. The minimum Gasteiger partial charge on any atom is -0.480 e. The molecule has 2 amide bonds. The van der Waals surface area contributed by atoms with Crippen molar-refractivity contribution in [1.29, 1.82) is 0 Å². The van der Waals surface area contributed by atoms with Crippen LogP contribution in [0.15, 0.2) is 0 Å². The minimum atomic E-state index is -1.08. The molecular weight excluding hydrogens is 248 g/mol. The molecule has 2 saturated carbocycles. The van der Waals surface area contributed by atoms with Crippen LogP contribution in [0.1, 0.15) is 38.5 Å². The number of aliphatic hydroxyl groups excluding tert-OH is 1. The monoisotopic (exact) mass is 270 g/mol. The summed E-state index contributed by atoms with van der Waals surface area (Å²) >= 11 is 0. The molecule has 2 aliphatic rings. The SMILES string of the molecule is CN(CC1CC(O)C1)C(=O)NC1(C(=O)O)CCCC1. The van der Waals surface area contributed by atoms with E-state index in [0.717, 1.165) is 25.7 Å². The molecule has 0 aliphatic heterocycles. The second-order valence-corrected chi connectivity index (χ2v) is 5.90. The van der Waals surface area contributed by atoms with E-state index in [0.29, 0.717) is 25.3 Å². The molecule has 0 bridgehead atoms. The standard InChI is InChI=1S/C13H22N2O4/c1-15(8-9-6-10(16)7-9)12(19)14-13(11(17)18)4-2-3-5-13/h9-10,16H,2-8H2,1H3,(H,14,19)(H,17,18). The highest BCUT2D eigenvalue weighted by Gasteiger charge is 2.43. The first-order valence-corrected chi connectivity index (χ1v) is 6.88. The zero-order valence-electron chi connectivity index (χ0n) is 11.3. The average molecular weight is 270 g/mol. The Labute approximate surface area is 112 Å². The third-order valence-corrected chi connectivity index (χ3v) is 4.30. The fourth-order valence-electron chi connectivity index (χ4n) is 2.99. The van der Waals surface area contributed by atoms with E-state index in [4.69, 9.17) is 0 Å². The highest BCUT2D eigenvalue weighted by atomic mass is 16.4. The smallest absolute Gasteiger partial charge is 0.329 e. The Morgan fingerprint density at radius 1 is 1.32 bits per heavy atom. The van der Waals surface area contributed by atoms with Gasteiger partial charge < -0.3 is 20.4 Å². The molecule has 0 aromatic carbocycles. The third-order valence-electron chi connectivity index (χ3n) is 4.30. The predicted molar refractivity (Wildman–Crippen MR) is 68.7 cm³/mol. The van der Waals surface area contributed by atoms with Crippen LogP contribution in [-0.4, -0.2) is 52.3 Å². The lowest BCUT2D eigenvalue weighted by atomic mass is 9.82. The fourth-order valence-corrected chi connectivity index (χ4v) is 2.99. The molecular formula is C13H22N2O4. The van der Waals surface area contributed by atoms with Crippen LogP contribution < -0.4 is 5.32 Å². The normalized spacial score (nSPS) is 28.5. The van der Waals surface area contributed by atoms with Crippen LogP contribution in [-0.2, 0) is 4.79 Å². The van der Waals surface area contributed by atoms with Gasteiger partial charge in [-0.25, -0.2) is 9.59 Å². The first-order valence-electron chi connectivity index (χ1n) is 6.88. The summed E-state index contributed by atoms with van der Waals surface area (Å²) < 4.78 is 0. The second kappa shape index (κ2) is 5.36. The number of aliphatic hydroxyl groups is 1. The Bertz CT molecular complexity index is 360. The second-order valence-electron chi connectivity index (χ2n) is 5.90. The molecule has 0 aromatic heterocycles. The van der Waals surface area contributed by atoms with Crippen LogP contribution in [0, 0.1) is 5.92 Å². The van der Waals surface area contributed by atoms with E-state index in [1.54, 1.807) is 7.05 Å². The number of hydrogen-bond acceptors (Lipinski definition) is 3. The van der Waals surface area contributed by atoms with Crippen molar-refractivity contribution >= 4 is 12.0 Å². The van der Waals surface area contributed by atoms with Crippen molar-refractivity contribution in [1.82, 2.24) is 10.2 Å². The summed E-state index contributed by atoms with van der Waals surface area (Å²) in [6, 6.07) is -0.328. The summed E-state index contributed by atoms with van der Waals surface area (Å²) in [4.78, 5) is 24.9. The number of carbonyl (C=O) groups excluding carboxylic acids is 1. The Morgan fingerprint density at radius 2 is 1.89 bits per heavy atom. The molecule has 0 heterocycles. The largest absolute Gasteiger partial charge is 0.480 e. The summed E-state index contributed by atoms with van der Waals surface area (Å²) in [5.41, 5.74) is -1.08. The summed E-state index contributed by atoms with van der Waals surface area (Å²) in [6.45, 7) is 0.568. The number of rotatable bonds is 4. The van der Waals surface area contributed by atoms with Crippen molar-refractivity contribution in [2.45, 2.75) is 50.2 Å². The maximum atomic E-state index is 12.1. The number of urea groups is 1. The van der Waals surface area contributed by atoms with Crippen LogP contribution in [0.25, 0.3) is 0 Å². The summed E-state index contributed by atoms with van der Waals surface area (Å²) in [7, 11) is 1.67. The number of carbonyl (C=O) groups is 2. The lowest BCUT2D eigenvalue weighted by Crippen LogP contribution is -2.56. The molecule has 2 aliphatic carbocycles. The molecule has 2 fully saturated rings. The molecule has 6 nitrogen and oxygen atoms in total. The summed E-state index contributed by atoms with van der Waals surface area (Å²) in [6.07, 6.45) is 3.90. The van der Waals surface area contributed by atoms with E-state index in [1.165, 1.54) is 4.90 Å². The lowest BCUT2D eigenvalue weighted by Gasteiger charge is -2.35. The molecule has 108 valence electrons. The summed E-state index contributed by atoms with van der Waals surface area (Å²) in [5.74, 6) is -0.610. The Morgan fingerprint density at radius 3 is 2.37 bits per heavy atom. The maximum absolute atomic E-state index is 12.1. The number of nitrogens with one attached hydrogen (secondary N) is 1. The fraction of sp³-hybridized carbons (Fsp3) is 0.846. The maximum Gasteiger partial charge on any atom is 0.329 e. The number of amides is 2. The number of carboxylic acids is 1. The molecule has 0 radical (unpaired) electrons. The molecule has 2 rings (SSSR count). The van der Waals surface area contributed by atoms with Gasteiger partial charge in [-0.3, -0.25) is 0 Å². The van der Waals surface area contributed by atoms with Crippen LogP contribution in [0.2, 0.25) is 0 Å². The van der Waals surface area contributed by atoms with Crippen LogP contribution in [0.3, 0.4) is 0 Å². The Hall–Kier alpha value is -1.30. The number of carboxylic acid groups (broad SMARTS) is 1. The predicted octanol–water partition coefficient (Wildman–Crippen LogP) is 0.796. The van der Waals surface area contributed by atoms with Crippen molar-refractivity contribution < 1.29 is 19.8 Å². The van der Waals surface area contributed by atoms with E-state index in [1.807, 2.05) is 0 Å². The first-order chi connectivity index (χ1) is 8.93. The zero-order valence-corrected chi connectivity index (χ0v) is 11.3. The van der Waals surface area contributed by atoms with Gasteiger partial charge in [-0.05, 0) is 31.6 Å². The quantitative estimate of drug-likeness (QED) is 0.704. The van der Waals surface area contributed by atoms with Crippen molar-refractivity contribution in [3.05, 3.63) is 0 Å². The van der Waals surface area contributed by atoms with Crippen molar-refractivity contribution in [2.75, 3.05) is 13.6 Å². The highest BCUT2D eigenvalue weighted by molar-refractivity contribution is 5.86. The van der Waals surface area contributed by atoms with E-state index in [2.05, 4.69) is 5.32 Å². The Balaban J connectivity index is 1.86. The van der Waals surface area contributed by atoms with E-state index in [9.17, 15) is 19.8 Å². The zero-order chi connectivity index (χ0) is 14.0. The van der Waals surface area contributed by atoms with Crippen molar-refractivity contribution in [3.63, 3.8) is 0 Å². The van der Waals surface area contributed by atoms with E-state index >= 15 is 0 Å². The molecule has 0 atom stereocenters. The number of hydrogen-bond donors (Lipinski definition) is 3. The first kappa shape index (κ1) is 14.1. The van der Waals surface area contributed by atoms with Crippen molar-refractivity contribution in [2.24, 2.45) is 5.92 Å². The van der Waals surface area contributed by atoms with Crippen molar-refractivity contribution in [3.8, 4) is 0 Å². The highest BCUT2D eigenvalue weighted by Crippen LogP contribution is 2.31. The molecule has 3 N–H and O–H groups in total. The van der Waals surface area contributed by atoms with Gasteiger partial charge in [0.25, 0.3) is 0 Å². The number of nitrogens with zero attached hydrogens (tertiary/aromatic N) is 1. The van der Waals surface area contributed by atoms with Gasteiger partial charge in [0.2, 0.25) is 0 Å². The lowest BCUT2D eigenvalue weighted by molar-refractivity contribution is -0.144. The van der Waals surface area contributed by atoms with Gasteiger partial charge in [0.15, 0.2) is 0 Å². The third kappa shape index (κ3) is 3.00. The average Bonchev–Trinajstić information content (AvgIpc) is 2.76. The van der Waals surface area contributed by atoms with Gasteiger partial charge in [-0.1, -0.05) is 12.8 Å². The molecule has 0 spiro atoms. The van der Waals surface area contributed by atoms with Crippen LogP contribution >= 0.6 is 0 Å². The number of aliphatic carboxylic acids is 1. The Kier molecular flexibility index (Phi) is 3.99. The van der Waals surface area contributed by atoms with E-state index < -0.39 is 11.5 Å². The molecule has 0 unspecified atom stereocenters.